The molecule has 126 valence electrons. The molecule has 2 aliphatic heterocycles. The number of nitrogens with two attached hydrogens (primary N) is 1. The van der Waals surface area contributed by atoms with Crippen molar-refractivity contribution in [2.24, 2.45) is 5.73 Å². The van der Waals surface area contributed by atoms with Gasteiger partial charge in [-0.25, -0.2) is 0 Å². The van der Waals surface area contributed by atoms with Gasteiger partial charge in [-0.1, -0.05) is 0 Å². The zero-order chi connectivity index (χ0) is 16.3. The summed E-state index contributed by atoms with van der Waals surface area (Å²) < 4.78 is 16.9. The molecule has 1 aromatic carbocycles. The number of benzene rings is 1. The monoisotopic (exact) mass is 320 g/mol. The first-order valence-electron chi connectivity index (χ1n) is 8.07. The fourth-order valence-corrected chi connectivity index (χ4v) is 3.45. The third-order valence-corrected chi connectivity index (χ3v) is 4.62. The van der Waals surface area contributed by atoms with Gasteiger partial charge in [-0.2, -0.15) is 0 Å². The third-order valence-electron chi connectivity index (χ3n) is 4.62. The molecule has 6 heteroatoms. The van der Waals surface area contributed by atoms with E-state index in [1.54, 1.807) is 31.4 Å². The molecule has 23 heavy (non-hydrogen) atoms. The van der Waals surface area contributed by atoms with Crippen LogP contribution in [-0.2, 0) is 9.47 Å². The van der Waals surface area contributed by atoms with Crippen LogP contribution >= 0.6 is 0 Å². The maximum absolute atomic E-state index is 12.7. The van der Waals surface area contributed by atoms with E-state index in [0.717, 1.165) is 25.2 Å². The summed E-state index contributed by atoms with van der Waals surface area (Å²) in [5.41, 5.74) is 5.73. The van der Waals surface area contributed by atoms with Crippen molar-refractivity contribution in [3.63, 3.8) is 0 Å². The quantitative estimate of drug-likeness (QED) is 0.877. The molecule has 0 saturated carbocycles. The summed E-state index contributed by atoms with van der Waals surface area (Å²) in [5, 5.41) is 0. The van der Waals surface area contributed by atoms with E-state index < -0.39 is 0 Å². The molecule has 2 atom stereocenters. The second-order valence-corrected chi connectivity index (χ2v) is 6.09. The van der Waals surface area contributed by atoms with Gasteiger partial charge in [0.2, 0.25) is 0 Å². The van der Waals surface area contributed by atoms with E-state index in [1.807, 2.05) is 4.90 Å². The van der Waals surface area contributed by atoms with Crippen LogP contribution in [0.1, 0.15) is 23.2 Å². The minimum atomic E-state index is -0.325. The van der Waals surface area contributed by atoms with Crippen LogP contribution in [0.4, 0.5) is 0 Å². The third kappa shape index (κ3) is 3.20. The molecule has 0 unspecified atom stereocenters. The number of amides is 1. The molecular formula is C17H24N2O4. The first kappa shape index (κ1) is 16.2. The van der Waals surface area contributed by atoms with Gasteiger partial charge in [-0.15, -0.1) is 0 Å². The van der Waals surface area contributed by atoms with Gasteiger partial charge < -0.3 is 24.8 Å². The molecule has 6 nitrogen and oxygen atoms in total. The van der Waals surface area contributed by atoms with Gasteiger partial charge in [0, 0.05) is 25.8 Å². The van der Waals surface area contributed by atoms with Crippen molar-refractivity contribution < 1.29 is 19.0 Å². The second-order valence-electron chi connectivity index (χ2n) is 6.09. The van der Waals surface area contributed by atoms with Crippen LogP contribution in [0.3, 0.4) is 0 Å². The smallest absolute Gasteiger partial charge is 0.254 e. The number of rotatable bonds is 5. The Labute approximate surface area is 136 Å². The summed E-state index contributed by atoms with van der Waals surface area (Å²) in [6, 6.07) is 7.18. The van der Waals surface area contributed by atoms with Gasteiger partial charge in [-0.3, -0.25) is 4.79 Å². The minimum absolute atomic E-state index is 0.00444. The molecule has 0 aliphatic carbocycles. The van der Waals surface area contributed by atoms with Crippen molar-refractivity contribution in [3.8, 4) is 5.75 Å². The molecule has 2 heterocycles. The Hall–Kier alpha value is -1.63. The Bertz CT molecular complexity index is 540. The molecule has 1 spiro atoms. The van der Waals surface area contributed by atoms with Gasteiger partial charge in [0.05, 0.1) is 13.1 Å². The Morgan fingerprint density at radius 3 is 2.83 bits per heavy atom. The lowest BCUT2D eigenvalue weighted by Gasteiger charge is -2.27. The first-order chi connectivity index (χ1) is 11.2. The van der Waals surface area contributed by atoms with E-state index in [1.165, 1.54) is 0 Å². The summed E-state index contributed by atoms with van der Waals surface area (Å²) in [7, 11) is 1.69. The van der Waals surface area contributed by atoms with Crippen molar-refractivity contribution in [3.05, 3.63) is 29.8 Å². The van der Waals surface area contributed by atoms with E-state index in [0.29, 0.717) is 31.8 Å². The highest BCUT2D eigenvalue weighted by molar-refractivity contribution is 5.94. The second kappa shape index (κ2) is 6.86. The van der Waals surface area contributed by atoms with E-state index in [9.17, 15) is 4.79 Å². The zero-order valence-corrected chi connectivity index (χ0v) is 13.5. The van der Waals surface area contributed by atoms with Crippen molar-refractivity contribution >= 4 is 5.91 Å². The number of hydrogen-bond acceptors (Lipinski definition) is 5. The van der Waals surface area contributed by atoms with Crippen molar-refractivity contribution in [1.29, 1.82) is 0 Å². The van der Waals surface area contributed by atoms with Crippen LogP contribution in [0.5, 0.6) is 5.75 Å². The maximum atomic E-state index is 12.7. The van der Waals surface area contributed by atoms with E-state index >= 15 is 0 Å². The van der Waals surface area contributed by atoms with Gasteiger partial charge in [-0.05, 0) is 37.1 Å². The molecule has 0 bridgehead atoms. The van der Waals surface area contributed by atoms with Crippen LogP contribution < -0.4 is 10.5 Å². The molecule has 2 N–H and O–H groups in total. The number of carbonyl (C=O) groups excluding carboxylic acids is 1. The minimum Gasteiger partial charge on any atom is -0.492 e. The average molecular weight is 320 g/mol. The summed E-state index contributed by atoms with van der Waals surface area (Å²) in [6.45, 7) is 2.84. The summed E-state index contributed by atoms with van der Waals surface area (Å²) in [6.07, 6.45) is 1.91. The van der Waals surface area contributed by atoms with E-state index in [4.69, 9.17) is 19.9 Å². The summed E-state index contributed by atoms with van der Waals surface area (Å²) in [4.78, 5) is 14.6. The Kier molecular flexibility index (Phi) is 4.84. The van der Waals surface area contributed by atoms with Crippen molar-refractivity contribution in [2.45, 2.75) is 24.5 Å². The topological polar surface area (TPSA) is 74.0 Å². The molecule has 2 fully saturated rings. The van der Waals surface area contributed by atoms with Crippen LogP contribution in [0, 0.1) is 0 Å². The lowest BCUT2D eigenvalue weighted by molar-refractivity contribution is -0.0754. The van der Waals surface area contributed by atoms with Gasteiger partial charge in [0.1, 0.15) is 24.1 Å². The average Bonchev–Trinajstić information content (AvgIpc) is 3.20. The highest BCUT2D eigenvalue weighted by Crippen LogP contribution is 2.37. The molecular weight excluding hydrogens is 296 g/mol. The molecule has 0 radical (unpaired) electrons. The van der Waals surface area contributed by atoms with E-state index in [-0.39, 0.29) is 17.6 Å². The molecule has 2 saturated heterocycles. The molecule has 3 rings (SSSR count). The number of likely N-dealkylation sites (tertiary alicyclic amines) is 1. The summed E-state index contributed by atoms with van der Waals surface area (Å²) in [5.74, 6) is 0.726. The first-order valence-corrected chi connectivity index (χ1v) is 8.07. The number of nitrogens with zero attached hydrogens (tertiary/aromatic N) is 1. The molecule has 1 amide bonds. The van der Waals surface area contributed by atoms with Gasteiger partial charge >= 0.3 is 0 Å². The highest BCUT2D eigenvalue weighted by atomic mass is 16.6. The predicted molar refractivity (Wildman–Crippen MR) is 85.6 cm³/mol. The largest absolute Gasteiger partial charge is 0.492 e. The normalized spacial score (nSPS) is 26.9. The Balaban J connectivity index is 1.68. The Morgan fingerprint density at radius 2 is 2.22 bits per heavy atom. The molecule has 1 aromatic rings. The zero-order valence-electron chi connectivity index (χ0n) is 13.5. The number of methoxy groups -OCH3 is 1. The number of hydrogen-bond donors (Lipinski definition) is 1. The fourth-order valence-electron chi connectivity index (χ4n) is 3.45. The van der Waals surface area contributed by atoms with Crippen molar-refractivity contribution in [2.75, 3.05) is 40.0 Å². The standard InChI is InChI=1S/C17H24N2O4/c1-21-15-11-19(12-17(15)7-2-9-23-17)16(20)13-3-5-14(6-4-13)22-10-8-18/h3-6,15H,2,7-12,18H2,1H3/t15-,17-/m0/s1. The van der Waals surface area contributed by atoms with Crippen LogP contribution in [0.25, 0.3) is 0 Å². The summed E-state index contributed by atoms with van der Waals surface area (Å²) >= 11 is 0. The van der Waals surface area contributed by atoms with Crippen LogP contribution in [0.15, 0.2) is 24.3 Å². The lowest BCUT2D eigenvalue weighted by atomic mass is 9.96. The molecule has 0 aromatic heterocycles. The van der Waals surface area contributed by atoms with Crippen LogP contribution in [-0.4, -0.2) is 62.5 Å². The SMILES string of the molecule is CO[C@H]1CN(C(=O)c2ccc(OCCN)cc2)C[C@@]12CCCO2. The maximum Gasteiger partial charge on any atom is 0.254 e. The van der Waals surface area contributed by atoms with Crippen LogP contribution in [0.2, 0.25) is 0 Å². The lowest BCUT2D eigenvalue weighted by Crippen LogP contribution is -2.42. The van der Waals surface area contributed by atoms with Gasteiger partial charge in [0.25, 0.3) is 5.91 Å². The predicted octanol–water partition coefficient (Wildman–Crippen LogP) is 1.04. The van der Waals surface area contributed by atoms with Crippen molar-refractivity contribution in [1.82, 2.24) is 4.90 Å². The van der Waals surface area contributed by atoms with Gasteiger partial charge in [0.15, 0.2) is 0 Å². The highest BCUT2D eigenvalue weighted by Gasteiger charge is 2.51. The van der Waals surface area contributed by atoms with E-state index in [2.05, 4.69) is 0 Å². The Morgan fingerprint density at radius 1 is 1.43 bits per heavy atom. The number of carbonyl (C=O) groups is 1. The number of ether oxygens (including phenoxy) is 3. The molecule has 2 aliphatic rings. The fraction of sp³-hybridized carbons (Fsp3) is 0.588.